The molecule has 1 aliphatic carbocycles. The highest BCUT2D eigenvalue weighted by atomic mass is 16.5. The third kappa shape index (κ3) is 23.1. The van der Waals surface area contributed by atoms with Gasteiger partial charge in [0, 0.05) is 23.3 Å². The molecular weight excluding hydrogens is 877 g/mol. The summed E-state index contributed by atoms with van der Waals surface area (Å²) < 4.78 is 35.0. The Morgan fingerprint density at radius 1 is 0.443 bits per heavy atom. The average Bonchev–Trinajstić information content (AvgIpc) is 3.40. The number of aromatic nitrogens is 2. The van der Waals surface area contributed by atoms with Gasteiger partial charge < -0.3 is 28.4 Å². The number of unbranched alkanes of at least 4 members (excludes halogenated alkanes) is 18. The summed E-state index contributed by atoms with van der Waals surface area (Å²) >= 11 is 0. The summed E-state index contributed by atoms with van der Waals surface area (Å²) in [7, 11) is 0. The van der Waals surface area contributed by atoms with Crippen LogP contribution in [0.15, 0.2) is 111 Å². The Morgan fingerprint density at radius 2 is 0.771 bits per heavy atom. The summed E-state index contributed by atoms with van der Waals surface area (Å²) in [5.41, 5.74) is 6.28. The van der Waals surface area contributed by atoms with E-state index in [0.29, 0.717) is 39.6 Å². The van der Waals surface area contributed by atoms with Gasteiger partial charge in [0.1, 0.15) is 11.5 Å². The van der Waals surface area contributed by atoms with Crippen LogP contribution < -0.4 is 9.47 Å². The number of rotatable bonds is 38. The second-order valence-electron chi connectivity index (χ2n) is 18.6. The molecule has 0 radical (unpaired) electrons. The van der Waals surface area contributed by atoms with E-state index in [1.54, 1.807) is 0 Å². The Hall–Kier alpha value is -5.32. The van der Waals surface area contributed by atoms with E-state index in [0.717, 1.165) is 109 Å². The number of carbonyl (C=O) groups is 2. The number of esters is 2. The van der Waals surface area contributed by atoms with Crippen molar-refractivity contribution in [3.05, 3.63) is 122 Å². The van der Waals surface area contributed by atoms with Crippen LogP contribution in [0.3, 0.4) is 0 Å². The van der Waals surface area contributed by atoms with Gasteiger partial charge in [-0.25, -0.2) is 9.59 Å². The topological polar surface area (TPSA) is 115 Å². The van der Waals surface area contributed by atoms with Gasteiger partial charge in [0.2, 0.25) is 0 Å². The van der Waals surface area contributed by atoms with E-state index in [1.165, 1.54) is 102 Å². The Morgan fingerprint density at radius 3 is 1.09 bits per heavy atom. The smallest absolute Gasteiger partial charge is 0.330 e. The Balaban J connectivity index is 0.889. The van der Waals surface area contributed by atoms with E-state index in [4.69, 9.17) is 28.4 Å². The summed E-state index contributed by atoms with van der Waals surface area (Å²) in [6, 6.07) is 25.1. The van der Waals surface area contributed by atoms with E-state index in [2.05, 4.69) is 71.7 Å². The molecule has 0 N–H and O–H groups in total. The molecule has 0 bridgehead atoms. The minimum Gasteiger partial charge on any atom is -0.492 e. The van der Waals surface area contributed by atoms with E-state index < -0.39 is 0 Å². The van der Waals surface area contributed by atoms with Crippen LogP contribution in [0.1, 0.15) is 165 Å². The first-order valence-electron chi connectivity index (χ1n) is 26.7. The molecule has 0 saturated heterocycles. The lowest BCUT2D eigenvalue weighted by Gasteiger charge is -2.31. The maximum Gasteiger partial charge on any atom is 0.330 e. The van der Waals surface area contributed by atoms with Gasteiger partial charge in [0.25, 0.3) is 0 Å². The molecule has 0 unspecified atom stereocenters. The fourth-order valence-electron chi connectivity index (χ4n) is 8.75. The molecule has 2 atom stereocenters. The highest BCUT2D eigenvalue weighted by Gasteiger charge is 2.27. The molecule has 1 saturated carbocycles. The number of hydrogen-bond donors (Lipinski definition) is 0. The van der Waals surface area contributed by atoms with Gasteiger partial charge in [0.15, 0.2) is 0 Å². The summed E-state index contributed by atoms with van der Waals surface area (Å²) in [4.78, 5) is 31.5. The summed E-state index contributed by atoms with van der Waals surface area (Å²) in [5, 5.41) is 0. The van der Waals surface area contributed by atoms with Crippen molar-refractivity contribution in [3.8, 4) is 34.0 Å². The molecule has 380 valence electrons. The van der Waals surface area contributed by atoms with Gasteiger partial charge in [-0.3, -0.25) is 9.97 Å². The Bertz CT molecular complexity index is 1870. The van der Waals surface area contributed by atoms with Crippen molar-refractivity contribution in [2.24, 2.45) is 0 Å². The van der Waals surface area contributed by atoms with Crippen LogP contribution in [-0.4, -0.2) is 60.5 Å². The number of benzene rings is 2. The first kappa shape index (κ1) is 55.6. The molecule has 2 aromatic heterocycles. The summed E-state index contributed by atoms with van der Waals surface area (Å²) in [6.07, 6.45) is 34.1. The normalized spacial score (nSPS) is 14.5. The van der Waals surface area contributed by atoms with E-state index >= 15 is 0 Å². The lowest BCUT2D eigenvalue weighted by atomic mass is 9.94. The second kappa shape index (κ2) is 34.9. The zero-order valence-corrected chi connectivity index (χ0v) is 42.2. The molecule has 10 heteroatoms. The molecular formula is C60H82N2O8. The predicted octanol–water partition coefficient (Wildman–Crippen LogP) is 14.9. The fraction of sp³-hybridized carbons (Fsp3) is 0.533. The maximum atomic E-state index is 11.1. The van der Waals surface area contributed by atoms with Crippen molar-refractivity contribution in [1.29, 1.82) is 0 Å². The third-order valence-corrected chi connectivity index (χ3v) is 13.0. The summed E-state index contributed by atoms with van der Waals surface area (Å²) in [5.74, 6) is 0.963. The van der Waals surface area contributed by atoms with Crippen molar-refractivity contribution < 1.29 is 38.0 Å². The minimum atomic E-state index is -0.330. The maximum absolute atomic E-state index is 11.1. The van der Waals surface area contributed by atoms with Gasteiger partial charge >= 0.3 is 11.9 Å². The monoisotopic (exact) mass is 959 g/mol. The van der Waals surface area contributed by atoms with Crippen molar-refractivity contribution in [3.63, 3.8) is 0 Å². The standard InChI is InChI=1S/C60H82N2O8/c1-3-59(63)67-43-25-19-15-11-7-5-9-13-17-23-41-65-53-37-39-55(61-45-53)51-33-29-49(30-34-51)47-69-57-27-21-22-28-58(57)70-48-50-31-35-52(36-32-50)56-40-38-54(46-62-56)66-42-24-18-14-10-6-8-12-16-20-26-44-68-60(64)4-2/h3-4,29-40,45-46,57-58H,1-2,5-28,41-44,47-48H2/t57-,58-/m1/s1. The fourth-order valence-corrected chi connectivity index (χ4v) is 8.75. The lowest BCUT2D eigenvalue weighted by molar-refractivity contribution is -0.138. The van der Waals surface area contributed by atoms with Crippen LogP contribution in [0.4, 0.5) is 0 Å². The highest BCUT2D eigenvalue weighted by Crippen LogP contribution is 2.28. The number of ether oxygens (including phenoxy) is 6. The second-order valence-corrected chi connectivity index (χ2v) is 18.6. The van der Waals surface area contributed by atoms with Crippen LogP contribution in [0.2, 0.25) is 0 Å². The average molecular weight is 959 g/mol. The highest BCUT2D eigenvalue weighted by molar-refractivity contribution is 5.81. The van der Waals surface area contributed by atoms with Crippen LogP contribution in [0, 0.1) is 0 Å². The third-order valence-electron chi connectivity index (χ3n) is 13.0. The minimum absolute atomic E-state index is 0.0725. The van der Waals surface area contributed by atoms with Crippen molar-refractivity contribution in [2.75, 3.05) is 26.4 Å². The molecule has 0 aliphatic heterocycles. The summed E-state index contributed by atoms with van der Waals surface area (Å²) in [6.45, 7) is 10.4. The Kier molecular flexibility index (Phi) is 27.7. The van der Waals surface area contributed by atoms with Crippen molar-refractivity contribution in [2.45, 2.75) is 180 Å². The molecule has 5 rings (SSSR count). The molecule has 0 spiro atoms. The largest absolute Gasteiger partial charge is 0.492 e. The van der Waals surface area contributed by atoms with Crippen LogP contribution >= 0.6 is 0 Å². The number of carbonyl (C=O) groups excluding carboxylic acids is 2. The van der Waals surface area contributed by atoms with Crippen molar-refractivity contribution in [1.82, 2.24) is 9.97 Å². The number of nitrogens with zero attached hydrogens (tertiary/aromatic N) is 2. The molecule has 2 heterocycles. The van der Waals surface area contributed by atoms with Crippen LogP contribution in [0.5, 0.6) is 11.5 Å². The molecule has 70 heavy (non-hydrogen) atoms. The molecule has 1 fully saturated rings. The SMILES string of the molecule is C=CC(=O)OCCCCCCCCCCCCOc1ccc(-c2ccc(CO[C@@H]3CCCC[C@H]3OCc3ccc(-c4ccc(OCCCCCCCCCCCCOC(=O)C=C)cn4)cc3)cc2)nc1. The zero-order chi connectivity index (χ0) is 49.1. The van der Waals surface area contributed by atoms with Gasteiger partial charge in [-0.1, -0.05) is 177 Å². The van der Waals surface area contributed by atoms with Gasteiger partial charge in [-0.2, -0.15) is 0 Å². The van der Waals surface area contributed by atoms with E-state index in [-0.39, 0.29) is 24.1 Å². The van der Waals surface area contributed by atoms with Crippen LogP contribution in [-0.2, 0) is 41.8 Å². The van der Waals surface area contributed by atoms with Gasteiger partial charge in [-0.15, -0.1) is 0 Å². The van der Waals surface area contributed by atoms with E-state index in [9.17, 15) is 9.59 Å². The first-order chi connectivity index (χ1) is 34.5. The van der Waals surface area contributed by atoms with Crippen molar-refractivity contribution >= 4 is 11.9 Å². The van der Waals surface area contributed by atoms with Gasteiger partial charge in [-0.05, 0) is 73.9 Å². The predicted molar refractivity (Wildman–Crippen MR) is 281 cm³/mol. The molecule has 0 amide bonds. The number of hydrogen-bond acceptors (Lipinski definition) is 10. The lowest BCUT2D eigenvalue weighted by Crippen LogP contribution is -2.34. The van der Waals surface area contributed by atoms with Crippen LogP contribution in [0.25, 0.3) is 22.5 Å². The zero-order valence-electron chi connectivity index (χ0n) is 42.2. The molecule has 1 aliphatic rings. The Labute approximate surface area is 420 Å². The molecule has 2 aromatic carbocycles. The van der Waals surface area contributed by atoms with Gasteiger partial charge in [0.05, 0.1) is 75.6 Å². The van der Waals surface area contributed by atoms with E-state index in [1.807, 2.05) is 36.7 Å². The number of pyridine rings is 2. The molecule has 10 nitrogen and oxygen atoms in total. The molecule has 4 aromatic rings. The quantitative estimate of drug-likeness (QED) is 0.0244. The first-order valence-corrected chi connectivity index (χ1v) is 26.7.